The van der Waals surface area contributed by atoms with Gasteiger partial charge in [-0.25, -0.2) is 9.78 Å². The Bertz CT molecular complexity index is 1940. The van der Waals surface area contributed by atoms with Crippen molar-refractivity contribution in [2.75, 3.05) is 20.8 Å². The van der Waals surface area contributed by atoms with Crippen molar-refractivity contribution in [3.8, 4) is 11.5 Å². The first-order valence-corrected chi connectivity index (χ1v) is 16.6. The first-order valence-electron chi connectivity index (χ1n) is 15.4. The molecule has 262 valence electrons. The van der Waals surface area contributed by atoms with Gasteiger partial charge in [0.1, 0.15) is 42.1 Å². The lowest BCUT2D eigenvalue weighted by Gasteiger charge is -2.37. The van der Waals surface area contributed by atoms with Gasteiger partial charge in [0, 0.05) is 18.2 Å². The van der Waals surface area contributed by atoms with E-state index < -0.39 is 49.5 Å². The van der Waals surface area contributed by atoms with Gasteiger partial charge >= 0.3 is 11.6 Å². The molecule has 12 nitrogen and oxygen atoms in total. The van der Waals surface area contributed by atoms with Crippen LogP contribution >= 0.6 is 8.30 Å². The number of methoxy groups -OCH3 is 2. The van der Waals surface area contributed by atoms with E-state index in [0.29, 0.717) is 27.1 Å². The number of aromatic amines is 1. The van der Waals surface area contributed by atoms with E-state index in [1.54, 1.807) is 38.5 Å². The van der Waals surface area contributed by atoms with E-state index in [2.05, 4.69) is 15.1 Å². The minimum absolute atomic E-state index is 0.174. The number of alkyl halides is 3. The summed E-state index contributed by atoms with van der Waals surface area (Å²) < 4.78 is 74.9. The van der Waals surface area contributed by atoms with Crippen LogP contribution in [0.1, 0.15) is 34.9 Å². The van der Waals surface area contributed by atoms with Crippen LogP contribution in [0.2, 0.25) is 0 Å². The Morgan fingerprint density at radius 3 is 2.06 bits per heavy atom. The Kier molecular flexibility index (Phi) is 10.2. The molecule has 3 heterocycles. The van der Waals surface area contributed by atoms with Crippen molar-refractivity contribution in [2.24, 2.45) is 0 Å². The van der Waals surface area contributed by atoms with Crippen molar-refractivity contribution in [2.45, 2.75) is 43.3 Å². The fourth-order valence-corrected chi connectivity index (χ4v) is 7.08. The Morgan fingerprint density at radius 1 is 0.920 bits per heavy atom. The van der Waals surface area contributed by atoms with Gasteiger partial charge in [-0.3, -0.25) is 14.3 Å². The molecule has 0 aliphatic carbocycles. The van der Waals surface area contributed by atoms with Crippen molar-refractivity contribution in [3.05, 3.63) is 141 Å². The van der Waals surface area contributed by atoms with Crippen molar-refractivity contribution < 1.29 is 36.6 Å². The van der Waals surface area contributed by atoms with Crippen LogP contribution in [0.25, 0.3) is 0 Å². The molecule has 0 spiro atoms. The highest BCUT2D eigenvalue weighted by Gasteiger charge is 2.50. The molecule has 2 aromatic heterocycles. The number of hydrogen-bond acceptors (Lipinski definition) is 9. The van der Waals surface area contributed by atoms with E-state index in [-0.39, 0.29) is 18.6 Å². The molecule has 1 fully saturated rings. The fourth-order valence-electron chi connectivity index (χ4n) is 5.86. The summed E-state index contributed by atoms with van der Waals surface area (Å²) >= 11 is 0. The van der Waals surface area contributed by atoms with E-state index in [9.17, 15) is 22.8 Å². The van der Waals surface area contributed by atoms with Gasteiger partial charge in [0.05, 0.1) is 26.9 Å². The predicted octanol–water partition coefficient (Wildman–Crippen LogP) is 5.52. The van der Waals surface area contributed by atoms with Gasteiger partial charge in [0.15, 0.2) is 0 Å². The summed E-state index contributed by atoms with van der Waals surface area (Å²) in [4.78, 5) is 30.9. The summed E-state index contributed by atoms with van der Waals surface area (Å²) in [7, 11) is -0.245. The van der Waals surface area contributed by atoms with Gasteiger partial charge < -0.3 is 23.5 Å². The molecule has 1 unspecified atom stereocenters. The monoisotopic (exact) mass is 711 g/mol. The van der Waals surface area contributed by atoms with Gasteiger partial charge in [-0.15, -0.1) is 0 Å². The SMILES string of the molecule is COc1ccc(C(OC[C@H]2O[C@@H](n3cc(C)c(=O)[nH]c3=O)C[C@@H]2OP(n2cncn2)C(F)(F)F)(c2ccccc2)c2ccc(OC)cc2)cc1. The van der Waals surface area contributed by atoms with Gasteiger partial charge in [0.25, 0.3) is 13.9 Å². The van der Waals surface area contributed by atoms with Crippen LogP contribution in [0.4, 0.5) is 13.2 Å². The topological polar surface area (TPSA) is 132 Å². The predicted molar refractivity (Wildman–Crippen MR) is 176 cm³/mol. The van der Waals surface area contributed by atoms with Crippen LogP contribution in [-0.2, 0) is 19.6 Å². The summed E-state index contributed by atoms with van der Waals surface area (Å²) in [5.74, 6) is -3.61. The zero-order chi connectivity index (χ0) is 35.5. The maximum Gasteiger partial charge on any atom is 0.453 e. The Labute approximate surface area is 285 Å². The van der Waals surface area contributed by atoms with Crippen LogP contribution < -0.4 is 20.7 Å². The molecule has 50 heavy (non-hydrogen) atoms. The number of hydrogen-bond donors (Lipinski definition) is 1. The number of H-pyrrole nitrogens is 1. The number of halogens is 3. The molecule has 1 saturated heterocycles. The lowest BCUT2D eigenvalue weighted by molar-refractivity contribution is -0.0955. The lowest BCUT2D eigenvalue weighted by atomic mass is 9.80. The second kappa shape index (κ2) is 14.6. The Morgan fingerprint density at radius 2 is 1.52 bits per heavy atom. The van der Waals surface area contributed by atoms with Crippen LogP contribution in [0.15, 0.2) is 107 Å². The van der Waals surface area contributed by atoms with Crippen molar-refractivity contribution >= 4 is 8.30 Å². The average molecular weight is 712 g/mol. The van der Waals surface area contributed by atoms with Crippen LogP contribution in [0.3, 0.4) is 0 Å². The van der Waals surface area contributed by atoms with E-state index >= 15 is 0 Å². The number of aryl methyl sites for hydroxylation is 1. The first-order chi connectivity index (χ1) is 24.0. The van der Waals surface area contributed by atoms with Crippen LogP contribution in [0, 0.1) is 6.92 Å². The zero-order valence-corrected chi connectivity index (χ0v) is 28.0. The Balaban J connectivity index is 1.44. The largest absolute Gasteiger partial charge is 0.497 e. The maximum atomic E-state index is 14.4. The summed E-state index contributed by atoms with van der Waals surface area (Å²) in [5, 5.41) is 3.70. The smallest absolute Gasteiger partial charge is 0.453 e. The second-order valence-corrected chi connectivity index (χ2v) is 13.0. The number of nitrogens with one attached hydrogen (secondary N) is 1. The van der Waals surface area contributed by atoms with Gasteiger partial charge in [-0.05, 0) is 47.9 Å². The van der Waals surface area contributed by atoms with Crippen molar-refractivity contribution in [3.63, 3.8) is 0 Å². The third kappa shape index (κ3) is 7.08. The molecule has 0 amide bonds. The minimum atomic E-state index is -4.82. The normalized spacial score (nSPS) is 18.6. The molecular formula is C34H33F3N5O7P. The van der Waals surface area contributed by atoms with Crippen molar-refractivity contribution in [1.82, 2.24) is 24.1 Å². The van der Waals surface area contributed by atoms with Crippen LogP contribution in [-0.4, -0.2) is 63.0 Å². The molecule has 16 heteroatoms. The zero-order valence-electron chi connectivity index (χ0n) is 27.1. The third-order valence-corrected chi connectivity index (χ3v) is 9.80. The molecular weight excluding hydrogens is 678 g/mol. The van der Waals surface area contributed by atoms with E-state index in [0.717, 1.165) is 22.8 Å². The number of nitrogens with zero attached hydrogens (tertiary/aromatic N) is 4. The lowest BCUT2D eigenvalue weighted by Crippen LogP contribution is -2.38. The van der Waals surface area contributed by atoms with Gasteiger partial charge in [-0.2, -0.15) is 22.7 Å². The van der Waals surface area contributed by atoms with Gasteiger partial charge in [-0.1, -0.05) is 54.6 Å². The van der Waals surface area contributed by atoms with Gasteiger partial charge in [0.2, 0.25) is 0 Å². The standard InChI is InChI=1S/C34H33F3N5O7P/c1-22-18-41(32(44)40-31(22)43)30-17-28(49-50(34(35,36)37)42-21-38-20-39-42)29(48-30)19-47-33(23-7-5-4-6-8-23,24-9-13-26(45-2)14-10-24)25-11-15-27(46-3)16-12-25/h4-16,18,20-21,28-30H,17,19H2,1-3H3,(H,40,43,44)/t28-,29+,30+,50?/m0/s1. The molecule has 0 radical (unpaired) electrons. The molecule has 4 atom stereocenters. The number of benzene rings is 3. The number of rotatable bonds is 12. The molecule has 0 saturated carbocycles. The molecule has 0 bridgehead atoms. The highest BCUT2D eigenvalue weighted by atomic mass is 31.2. The average Bonchev–Trinajstić information content (AvgIpc) is 3.80. The highest BCUT2D eigenvalue weighted by Crippen LogP contribution is 2.56. The second-order valence-electron chi connectivity index (χ2n) is 11.4. The Hall–Kier alpha value is -4.82. The molecule has 5 aromatic rings. The molecule has 1 aliphatic rings. The van der Waals surface area contributed by atoms with E-state index in [1.165, 1.54) is 13.1 Å². The number of ether oxygens (including phenoxy) is 4. The molecule has 1 aliphatic heterocycles. The fraction of sp³-hybridized carbons (Fsp3) is 0.294. The van der Waals surface area contributed by atoms with E-state index in [1.807, 2.05) is 54.6 Å². The van der Waals surface area contributed by atoms with E-state index in [4.69, 9.17) is 23.5 Å². The summed E-state index contributed by atoms with van der Waals surface area (Å²) in [6.45, 7) is 1.22. The first kappa shape index (κ1) is 35.0. The quantitative estimate of drug-likeness (QED) is 0.131. The third-order valence-electron chi connectivity index (χ3n) is 8.32. The maximum absolute atomic E-state index is 14.4. The molecule has 1 N–H and O–H groups in total. The number of aromatic nitrogens is 5. The van der Waals surface area contributed by atoms with Crippen molar-refractivity contribution in [1.29, 1.82) is 0 Å². The molecule has 3 aromatic carbocycles. The summed E-state index contributed by atoms with van der Waals surface area (Å²) in [5.41, 5.74) is -0.380. The molecule has 6 rings (SSSR count). The summed E-state index contributed by atoms with van der Waals surface area (Å²) in [6.07, 6.45) is -0.413. The summed E-state index contributed by atoms with van der Waals surface area (Å²) in [6, 6.07) is 23.9. The highest BCUT2D eigenvalue weighted by molar-refractivity contribution is 7.51. The minimum Gasteiger partial charge on any atom is -0.497 e. The van der Waals surface area contributed by atoms with Crippen LogP contribution in [0.5, 0.6) is 11.5 Å².